The first-order chi connectivity index (χ1) is 14.4. The van der Waals surface area contributed by atoms with E-state index in [1.54, 1.807) is 0 Å². The van der Waals surface area contributed by atoms with Crippen LogP contribution in [0.5, 0.6) is 0 Å². The summed E-state index contributed by atoms with van der Waals surface area (Å²) in [6, 6.07) is -1.29. The fourth-order valence-electron chi connectivity index (χ4n) is 2.71. The van der Waals surface area contributed by atoms with E-state index in [4.69, 9.17) is 23.7 Å². The minimum Gasteiger partial charge on any atom is -0.463 e. The van der Waals surface area contributed by atoms with Crippen molar-refractivity contribution in [3.05, 3.63) is 0 Å². The smallest absolute Gasteiger partial charge is 0.305 e. The number of hydrogen-bond acceptors (Lipinski definition) is 12. The van der Waals surface area contributed by atoms with Gasteiger partial charge in [0.05, 0.1) is 5.75 Å². The van der Waals surface area contributed by atoms with E-state index in [1.807, 2.05) is 0 Å². The van der Waals surface area contributed by atoms with Gasteiger partial charge in [0.1, 0.15) is 18.8 Å². The number of hydrogen-bond donors (Lipinski definition) is 1. The van der Waals surface area contributed by atoms with Gasteiger partial charge in [-0.25, -0.2) is 0 Å². The fourth-order valence-corrected chi connectivity index (χ4v) is 3.13. The summed E-state index contributed by atoms with van der Waals surface area (Å²) < 4.78 is 26.2. The van der Waals surface area contributed by atoms with Crippen LogP contribution in [0.1, 0.15) is 34.6 Å². The highest BCUT2D eigenvalue weighted by molar-refractivity contribution is 8.14. The quantitative estimate of drug-likeness (QED) is 0.362. The molecule has 1 heterocycles. The Hall–Kier alpha value is -2.67. The molecule has 1 N–H and O–H groups in total. The molecule has 1 saturated heterocycles. The summed E-state index contributed by atoms with van der Waals surface area (Å²) in [6.07, 6.45) is -5.31. The van der Waals surface area contributed by atoms with Gasteiger partial charge in [-0.1, -0.05) is 11.8 Å². The van der Waals surface area contributed by atoms with Gasteiger partial charge >= 0.3 is 23.9 Å². The van der Waals surface area contributed by atoms with E-state index in [9.17, 15) is 28.8 Å². The molecule has 1 rings (SSSR count). The second-order valence-electron chi connectivity index (χ2n) is 6.48. The molecule has 1 amide bonds. The molecule has 0 saturated carbocycles. The third-order valence-electron chi connectivity index (χ3n) is 3.72. The highest BCUT2D eigenvalue weighted by atomic mass is 32.2. The van der Waals surface area contributed by atoms with E-state index in [0.717, 1.165) is 39.5 Å². The maximum Gasteiger partial charge on any atom is 0.305 e. The molecule has 5 atom stereocenters. The molecular formula is C18H25NO11S. The molecule has 13 heteroatoms. The normalized spacial score (nSPS) is 25.0. The van der Waals surface area contributed by atoms with Crippen molar-refractivity contribution in [2.24, 2.45) is 0 Å². The number of carbonyl (C=O) groups is 6. The Labute approximate surface area is 182 Å². The van der Waals surface area contributed by atoms with E-state index < -0.39 is 67.0 Å². The van der Waals surface area contributed by atoms with Crippen LogP contribution < -0.4 is 5.32 Å². The fraction of sp³-hybridized carbons (Fsp3) is 0.667. The van der Waals surface area contributed by atoms with Gasteiger partial charge in [0.25, 0.3) is 0 Å². The molecule has 174 valence electrons. The number of thioether (sulfide) groups is 1. The average Bonchev–Trinajstić information content (AvgIpc) is 2.62. The van der Waals surface area contributed by atoms with Gasteiger partial charge < -0.3 is 29.0 Å². The zero-order chi connectivity index (χ0) is 23.7. The largest absolute Gasteiger partial charge is 0.463 e. The molecule has 1 fully saturated rings. The Morgan fingerprint density at radius 1 is 0.806 bits per heavy atom. The molecule has 1 aliphatic heterocycles. The minimum atomic E-state index is -1.47. The van der Waals surface area contributed by atoms with Gasteiger partial charge in [0.2, 0.25) is 12.2 Å². The number of amides is 1. The third-order valence-corrected chi connectivity index (χ3v) is 4.53. The van der Waals surface area contributed by atoms with Crippen LogP contribution >= 0.6 is 11.8 Å². The van der Waals surface area contributed by atoms with Crippen molar-refractivity contribution in [2.45, 2.75) is 65.3 Å². The van der Waals surface area contributed by atoms with Crippen LogP contribution in [0.3, 0.4) is 0 Å². The van der Waals surface area contributed by atoms with Crippen LogP contribution in [0.2, 0.25) is 0 Å². The molecule has 0 aromatic carbocycles. The van der Waals surface area contributed by atoms with E-state index in [-0.39, 0.29) is 10.9 Å². The molecule has 2 unspecified atom stereocenters. The van der Waals surface area contributed by atoms with Crippen LogP contribution in [0, 0.1) is 0 Å². The lowest BCUT2D eigenvalue weighted by Crippen LogP contribution is -2.67. The SMILES string of the molecule is CC(=O)OCC1O[C@H](OC(C)=O)[C@H](NC(=O)CSC(C)=O)C(OC(C)=O)[C@@H]1OC(C)=O. The molecule has 0 aromatic rings. The second kappa shape index (κ2) is 12.2. The Morgan fingerprint density at radius 2 is 1.35 bits per heavy atom. The second-order valence-corrected chi connectivity index (χ2v) is 7.63. The summed E-state index contributed by atoms with van der Waals surface area (Å²) in [5.74, 6) is -3.89. The van der Waals surface area contributed by atoms with Crippen molar-refractivity contribution < 1.29 is 52.5 Å². The Balaban J connectivity index is 3.29. The molecule has 0 radical (unpaired) electrons. The van der Waals surface area contributed by atoms with Crippen molar-refractivity contribution in [3.63, 3.8) is 0 Å². The van der Waals surface area contributed by atoms with Crippen molar-refractivity contribution in [3.8, 4) is 0 Å². The maximum absolute atomic E-state index is 12.3. The van der Waals surface area contributed by atoms with Crippen molar-refractivity contribution in [1.82, 2.24) is 5.32 Å². The minimum absolute atomic E-state index is 0.263. The lowest BCUT2D eigenvalue weighted by atomic mass is 9.96. The number of ether oxygens (including phenoxy) is 5. The van der Waals surface area contributed by atoms with Crippen LogP contribution in [0.4, 0.5) is 0 Å². The summed E-state index contributed by atoms with van der Waals surface area (Å²) in [6.45, 7) is 5.29. The van der Waals surface area contributed by atoms with Gasteiger partial charge in [-0.15, -0.1) is 0 Å². The van der Waals surface area contributed by atoms with Gasteiger partial charge in [-0.3, -0.25) is 28.8 Å². The van der Waals surface area contributed by atoms with E-state index in [2.05, 4.69) is 5.32 Å². The van der Waals surface area contributed by atoms with Gasteiger partial charge in [-0.05, 0) is 0 Å². The molecule has 12 nitrogen and oxygen atoms in total. The third kappa shape index (κ3) is 9.34. The number of nitrogens with one attached hydrogen (secondary N) is 1. The standard InChI is InChI=1S/C18H25NO11S/c1-8(20)26-6-13-16(27-9(2)21)17(28-10(3)22)15(18(30-13)29-11(4)23)19-14(25)7-31-12(5)24/h13,15-18H,6-7H2,1-5H3,(H,19,25)/t13?,15-,16-,17?,18+/m1/s1. The zero-order valence-electron chi connectivity index (χ0n) is 17.7. The molecule has 0 bridgehead atoms. The predicted molar refractivity (Wildman–Crippen MR) is 103 cm³/mol. The maximum atomic E-state index is 12.3. The summed E-state index contributed by atoms with van der Waals surface area (Å²) in [4.78, 5) is 69.6. The molecule has 0 aliphatic carbocycles. The molecule has 0 aromatic heterocycles. The Bertz CT molecular complexity index is 725. The van der Waals surface area contributed by atoms with Crippen molar-refractivity contribution in [1.29, 1.82) is 0 Å². The first-order valence-electron chi connectivity index (χ1n) is 9.14. The lowest BCUT2D eigenvalue weighted by molar-refractivity contribution is -0.270. The van der Waals surface area contributed by atoms with Crippen LogP contribution in [-0.2, 0) is 52.5 Å². The Kier molecular flexibility index (Phi) is 10.4. The zero-order valence-corrected chi connectivity index (χ0v) is 18.5. The molecular weight excluding hydrogens is 438 g/mol. The van der Waals surface area contributed by atoms with Crippen molar-refractivity contribution >= 4 is 46.7 Å². The van der Waals surface area contributed by atoms with Crippen LogP contribution in [0.15, 0.2) is 0 Å². The number of rotatable bonds is 8. The highest BCUT2D eigenvalue weighted by Crippen LogP contribution is 2.28. The van der Waals surface area contributed by atoms with Crippen molar-refractivity contribution in [2.75, 3.05) is 12.4 Å². The average molecular weight is 463 g/mol. The monoisotopic (exact) mass is 463 g/mol. The Morgan fingerprint density at radius 3 is 1.84 bits per heavy atom. The first-order valence-corrected chi connectivity index (χ1v) is 10.1. The van der Waals surface area contributed by atoms with Crippen LogP contribution in [-0.4, -0.2) is 77.9 Å². The van der Waals surface area contributed by atoms with Gasteiger partial charge in [0.15, 0.2) is 17.3 Å². The topological polar surface area (TPSA) is 161 Å². The van der Waals surface area contributed by atoms with Gasteiger partial charge in [-0.2, -0.15) is 0 Å². The first kappa shape index (κ1) is 26.4. The summed E-state index contributed by atoms with van der Waals surface area (Å²) >= 11 is 0.731. The molecule has 0 spiro atoms. The van der Waals surface area contributed by atoms with E-state index >= 15 is 0 Å². The van der Waals surface area contributed by atoms with Crippen LogP contribution in [0.25, 0.3) is 0 Å². The summed E-state index contributed by atoms with van der Waals surface area (Å²) in [5, 5.41) is 2.18. The summed E-state index contributed by atoms with van der Waals surface area (Å²) in [7, 11) is 0. The van der Waals surface area contributed by atoms with E-state index in [1.165, 1.54) is 6.92 Å². The number of esters is 4. The highest BCUT2D eigenvalue weighted by Gasteiger charge is 2.52. The van der Waals surface area contributed by atoms with Gasteiger partial charge in [0, 0.05) is 34.6 Å². The molecule has 1 aliphatic rings. The molecule has 31 heavy (non-hydrogen) atoms. The lowest BCUT2D eigenvalue weighted by Gasteiger charge is -2.44. The predicted octanol–water partition coefficient (Wildman–Crippen LogP) is -0.535. The van der Waals surface area contributed by atoms with E-state index in [0.29, 0.717) is 0 Å². The number of carbonyl (C=O) groups excluding carboxylic acids is 6. The summed E-state index contributed by atoms with van der Waals surface area (Å²) in [5.41, 5.74) is 0.